The van der Waals surface area contributed by atoms with Crippen molar-refractivity contribution in [3.05, 3.63) is 35.9 Å². The van der Waals surface area contributed by atoms with Crippen molar-refractivity contribution in [2.75, 3.05) is 27.2 Å². The number of nitrogens with two attached hydrogens (primary N) is 1. The Morgan fingerprint density at radius 1 is 1.40 bits per heavy atom. The Morgan fingerprint density at radius 3 is 2.60 bits per heavy atom. The maximum absolute atomic E-state index is 12.3. The van der Waals surface area contributed by atoms with Gasteiger partial charge in [0, 0.05) is 19.1 Å². The Balaban J connectivity index is 0.00000200. The van der Waals surface area contributed by atoms with E-state index in [2.05, 4.69) is 19.0 Å². The molecule has 0 aliphatic carbocycles. The molecule has 1 fully saturated rings. The third-order valence-corrected chi connectivity index (χ3v) is 3.82. The van der Waals surface area contributed by atoms with Gasteiger partial charge in [-0.15, -0.1) is 12.4 Å². The lowest BCUT2D eigenvalue weighted by atomic mass is 10.1. The molecule has 1 heterocycles. The zero-order valence-electron chi connectivity index (χ0n) is 12.2. The van der Waals surface area contributed by atoms with Gasteiger partial charge in [0.15, 0.2) is 0 Å². The maximum Gasteiger partial charge on any atom is 0.239 e. The van der Waals surface area contributed by atoms with Gasteiger partial charge in [-0.25, -0.2) is 0 Å². The van der Waals surface area contributed by atoms with Crippen LogP contribution in [0.3, 0.4) is 0 Å². The quantitative estimate of drug-likeness (QED) is 0.907. The summed E-state index contributed by atoms with van der Waals surface area (Å²) in [5.41, 5.74) is 7.16. The highest BCUT2D eigenvalue weighted by molar-refractivity contribution is 5.85. The molecular formula is C15H24ClN3O. The van der Waals surface area contributed by atoms with Gasteiger partial charge in [-0.3, -0.25) is 4.79 Å². The smallest absolute Gasteiger partial charge is 0.239 e. The molecule has 1 aromatic rings. The Morgan fingerprint density at radius 2 is 2.05 bits per heavy atom. The van der Waals surface area contributed by atoms with Crippen molar-refractivity contribution in [1.82, 2.24) is 9.80 Å². The highest BCUT2D eigenvalue weighted by atomic mass is 35.5. The Hall–Kier alpha value is -1.10. The molecule has 0 spiro atoms. The molecule has 1 saturated heterocycles. The number of nitrogens with zero attached hydrogens (tertiary/aromatic N) is 2. The van der Waals surface area contributed by atoms with Crippen molar-refractivity contribution >= 4 is 18.3 Å². The van der Waals surface area contributed by atoms with Crippen LogP contribution >= 0.6 is 12.4 Å². The van der Waals surface area contributed by atoms with Gasteiger partial charge in [-0.05, 0) is 32.5 Å². The topological polar surface area (TPSA) is 49.6 Å². The number of rotatable bonds is 4. The molecule has 2 atom stereocenters. The largest absolute Gasteiger partial charge is 0.340 e. The SMILES string of the molecule is CN(C)C1CCN(C(=O)C(N)Cc2ccccc2)C1.Cl. The normalized spacial score (nSPS) is 19.8. The molecule has 2 unspecified atom stereocenters. The molecule has 2 N–H and O–H groups in total. The van der Waals surface area contributed by atoms with Crippen LogP contribution in [-0.4, -0.2) is 55.0 Å². The third kappa shape index (κ3) is 4.20. The van der Waals surface area contributed by atoms with Gasteiger partial charge in [0.1, 0.15) is 0 Å². The molecule has 0 saturated carbocycles. The number of hydrogen-bond acceptors (Lipinski definition) is 3. The standard InChI is InChI=1S/C15H23N3O.ClH/c1-17(2)13-8-9-18(11-13)15(19)14(16)10-12-6-4-3-5-7-12;/h3-7,13-14H,8-11,16H2,1-2H3;1H. The first-order valence-electron chi connectivity index (χ1n) is 6.82. The average Bonchev–Trinajstić information content (AvgIpc) is 2.88. The number of likely N-dealkylation sites (tertiary alicyclic amines) is 1. The van der Waals surface area contributed by atoms with E-state index in [0.717, 1.165) is 25.1 Å². The fourth-order valence-corrected chi connectivity index (χ4v) is 2.55. The Kier molecular flexibility index (Phi) is 6.46. The molecule has 0 aromatic heterocycles. The van der Waals surface area contributed by atoms with Crippen molar-refractivity contribution in [2.45, 2.75) is 24.9 Å². The summed E-state index contributed by atoms with van der Waals surface area (Å²) in [6.45, 7) is 1.62. The zero-order chi connectivity index (χ0) is 13.8. The first kappa shape index (κ1) is 17.0. The van der Waals surface area contributed by atoms with Crippen molar-refractivity contribution in [1.29, 1.82) is 0 Å². The minimum Gasteiger partial charge on any atom is -0.340 e. The highest BCUT2D eigenvalue weighted by Crippen LogP contribution is 2.15. The van der Waals surface area contributed by atoms with E-state index in [9.17, 15) is 4.79 Å². The van der Waals surface area contributed by atoms with Crippen LogP contribution in [0.2, 0.25) is 0 Å². The zero-order valence-corrected chi connectivity index (χ0v) is 13.0. The van der Waals surface area contributed by atoms with Gasteiger partial charge in [0.05, 0.1) is 6.04 Å². The van der Waals surface area contributed by atoms with Crippen LogP contribution in [0.25, 0.3) is 0 Å². The summed E-state index contributed by atoms with van der Waals surface area (Å²) in [4.78, 5) is 16.4. The molecule has 1 aliphatic rings. The van der Waals surface area contributed by atoms with E-state index in [1.165, 1.54) is 0 Å². The summed E-state index contributed by atoms with van der Waals surface area (Å²) in [6, 6.07) is 9.99. The molecule has 1 amide bonds. The number of halogens is 1. The van der Waals surface area contributed by atoms with E-state index in [1.54, 1.807) is 0 Å². The Labute approximate surface area is 127 Å². The van der Waals surface area contributed by atoms with Crippen molar-refractivity contribution < 1.29 is 4.79 Å². The van der Waals surface area contributed by atoms with Gasteiger partial charge in [-0.2, -0.15) is 0 Å². The second kappa shape index (κ2) is 7.62. The summed E-state index contributed by atoms with van der Waals surface area (Å²) in [5.74, 6) is 0.0770. The molecular weight excluding hydrogens is 274 g/mol. The number of amides is 1. The van der Waals surface area contributed by atoms with Crippen LogP contribution in [0.15, 0.2) is 30.3 Å². The van der Waals surface area contributed by atoms with Gasteiger partial charge in [-0.1, -0.05) is 30.3 Å². The molecule has 4 nitrogen and oxygen atoms in total. The molecule has 20 heavy (non-hydrogen) atoms. The summed E-state index contributed by atoms with van der Waals surface area (Å²) < 4.78 is 0. The minimum absolute atomic E-state index is 0. The first-order valence-corrected chi connectivity index (χ1v) is 6.82. The molecule has 112 valence electrons. The predicted octanol–water partition coefficient (Wildman–Crippen LogP) is 1.14. The molecule has 5 heteroatoms. The van der Waals surface area contributed by atoms with Crippen molar-refractivity contribution in [3.63, 3.8) is 0 Å². The van der Waals surface area contributed by atoms with E-state index >= 15 is 0 Å². The van der Waals surface area contributed by atoms with Crippen molar-refractivity contribution in [3.8, 4) is 0 Å². The lowest BCUT2D eigenvalue weighted by Crippen LogP contribution is -2.45. The number of benzene rings is 1. The van der Waals surface area contributed by atoms with Crippen LogP contribution < -0.4 is 5.73 Å². The number of carbonyl (C=O) groups is 1. The number of hydrogen-bond donors (Lipinski definition) is 1. The van der Waals surface area contributed by atoms with Crippen LogP contribution in [0.1, 0.15) is 12.0 Å². The van der Waals surface area contributed by atoms with Crippen LogP contribution in [0.4, 0.5) is 0 Å². The lowest BCUT2D eigenvalue weighted by Gasteiger charge is -2.23. The van der Waals surface area contributed by atoms with E-state index < -0.39 is 6.04 Å². The summed E-state index contributed by atoms with van der Waals surface area (Å²) in [5, 5.41) is 0. The van der Waals surface area contributed by atoms with E-state index in [-0.39, 0.29) is 18.3 Å². The monoisotopic (exact) mass is 297 g/mol. The molecule has 2 rings (SSSR count). The second-order valence-electron chi connectivity index (χ2n) is 5.49. The van der Waals surface area contributed by atoms with Gasteiger partial charge in [0.25, 0.3) is 0 Å². The Bertz CT molecular complexity index is 424. The summed E-state index contributed by atoms with van der Waals surface area (Å²) in [7, 11) is 4.12. The van der Waals surface area contributed by atoms with E-state index in [1.807, 2.05) is 35.2 Å². The molecule has 1 aliphatic heterocycles. The van der Waals surface area contributed by atoms with E-state index in [4.69, 9.17) is 5.73 Å². The molecule has 0 radical (unpaired) electrons. The molecule has 1 aromatic carbocycles. The second-order valence-corrected chi connectivity index (χ2v) is 5.49. The van der Waals surface area contributed by atoms with Crippen LogP contribution in [-0.2, 0) is 11.2 Å². The van der Waals surface area contributed by atoms with Gasteiger partial charge in [0.2, 0.25) is 5.91 Å². The highest BCUT2D eigenvalue weighted by Gasteiger charge is 2.30. The van der Waals surface area contributed by atoms with Gasteiger partial charge >= 0.3 is 0 Å². The summed E-state index contributed by atoms with van der Waals surface area (Å²) >= 11 is 0. The predicted molar refractivity (Wildman–Crippen MR) is 84.0 cm³/mol. The first-order chi connectivity index (χ1) is 9.08. The van der Waals surface area contributed by atoms with Crippen LogP contribution in [0.5, 0.6) is 0 Å². The maximum atomic E-state index is 12.3. The minimum atomic E-state index is -0.427. The van der Waals surface area contributed by atoms with Crippen molar-refractivity contribution in [2.24, 2.45) is 5.73 Å². The summed E-state index contributed by atoms with van der Waals surface area (Å²) in [6.07, 6.45) is 1.65. The third-order valence-electron chi connectivity index (χ3n) is 3.82. The lowest BCUT2D eigenvalue weighted by molar-refractivity contribution is -0.131. The fraction of sp³-hybridized carbons (Fsp3) is 0.533. The average molecular weight is 298 g/mol. The van der Waals surface area contributed by atoms with Crippen LogP contribution in [0, 0.1) is 0 Å². The van der Waals surface area contributed by atoms with Gasteiger partial charge < -0.3 is 15.5 Å². The number of likely N-dealkylation sites (N-methyl/N-ethyl adjacent to an activating group) is 1. The number of carbonyl (C=O) groups excluding carboxylic acids is 1. The fourth-order valence-electron chi connectivity index (χ4n) is 2.55. The molecule has 0 bridgehead atoms. The van der Waals surface area contributed by atoms with E-state index in [0.29, 0.717) is 12.5 Å².